The molecule has 1 aliphatic carbocycles. The van der Waals surface area contributed by atoms with E-state index in [4.69, 9.17) is 18.9 Å². The first-order valence-electron chi connectivity index (χ1n) is 10.1. The van der Waals surface area contributed by atoms with Crippen LogP contribution in [0.5, 0.6) is 11.6 Å². The van der Waals surface area contributed by atoms with Crippen LogP contribution >= 0.6 is 0 Å². The smallest absolute Gasteiger partial charge is 0.228 e. The van der Waals surface area contributed by atoms with E-state index in [-0.39, 0.29) is 11.7 Å². The van der Waals surface area contributed by atoms with Crippen LogP contribution < -0.4 is 9.47 Å². The summed E-state index contributed by atoms with van der Waals surface area (Å²) in [5.74, 6) is 2.67. The van der Waals surface area contributed by atoms with Gasteiger partial charge >= 0.3 is 0 Å². The van der Waals surface area contributed by atoms with Crippen molar-refractivity contribution in [2.75, 3.05) is 7.11 Å². The van der Waals surface area contributed by atoms with E-state index in [9.17, 15) is 4.79 Å². The maximum Gasteiger partial charge on any atom is 0.228 e. The van der Waals surface area contributed by atoms with Gasteiger partial charge in [0.2, 0.25) is 11.7 Å². The van der Waals surface area contributed by atoms with Gasteiger partial charge in [0, 0.05) is 24.3 Å². The van der Waals surface area contributed by atoms with Crippen molar-refractivity contribution in [3.63, 3.8) is 0 Å². The van der Waals surface area contributed by atoms with Gasteiger partial charge in [-0.3, -0.25) is 4.79 Å². The van der Waals surface area contributed by atoms with Gasteiger partial charge in [0.25, 0.3) is 0 Å². The molecule has 0 radical (unpaired) electrons. The van der Waals surface area contributed by atoms with E-state index in [0.29, 0.717) is 47.3 Å². The number of fused-ring (bicyclic) bond motifs is 3. The Morgan fingerprint density at radius 3 is 2.81 bits per heavy atom. The van der Waals surface area contributed by atoms with Gasteiger partial charge in [0.1, 0.15) is 17.8 Å². The third-order valence-electron chi connectivity index (χ3n) is 5.78. The molecule has 0 fully saturated rings. The number of hydrogen-bond donors (Lipinski definition) is 0. The van der Waals surface area contributed by atoms with Gasteiger partial charge in [0.15, 0.2) is 17.2 Å². The van der Waals surface area contributed by atoms with E-state index < -0.39 is 0 Å². The molecule has 2 aliphatic rings. The number of ketones is 1. The standard InChI is InChI=1S/C23H18N4O4/c1-29-14-9-7-13(8-10-14)18-19-15(28)4-2-5-16(19)31-23-20(18)22-25-21(17-6-3-11-30-17)26-27(22)12-24-23/h3,6-12,18H,2,4-5H2,1H3. The Morgan fingerprint density at radius 1 is 1.16 bits per heavy atom. The van der Waals surface area contributed by atoms with Crippen LogP contribution in [0.2, 0.25) is 0 Å². The summed E-state index contributed by atoms with van der Waals surface area (Å²) in [5.41, 5.74) is 2.95. The maximum atomic E-state index is 13.0. The third kappa shape index (κ3) is 2.75. The van der Waals surface area contributed by atoms with Crippen molar-refractivity contribution in [3.05, 3.63) is 71.4 Å². The number of rotatable bonds is 3. The molecule has 4 heterocycles. The fourth-order valence-electron chi connectivity index (χ4n) is 4.36. The number of benzene rings is 1. The second kappa shape index (κ2) is 6.80. The minimum Gasteiger partial charge on any atom is -0.497 e. The number of hydrogen-bond acceptors (Lipinski definition) is 7. The second-order valence-electron chi connectivity index (χ2n) is 7.57. The molecule has 3 aromatic heterocycles. The lowest BCUT2D eigenvalue weighted by molar-refractivity contribution is -0.116. The molecule has 154 valence electrons. The van der Waals surface area contributed by atoms with E-state index in [1.165, 1.54) is 0 Å². The van der Waals surface area contributed by atoms with Crippen LogP contribution in [0.25, 0.3) is 17.2 Å². The summed E-state index contributed by atoms with van der Waals surface area (Å²) in [5, 5.41) is 4.51. The molecule has 0 amide bonds. The lowest BCUT2D eigenvalue weighted by atomic mass is 9.78. The molecule has 1 atom stereocenters. The molecular formula is C23H18N4O4. The SMILES string of the molecule is COc1ccc(C2C3=C(CCCC3=O)Oc3ncn4nc(-c5ccco5)nc4c32)cc1. The lowest BCUT2D eigenvalue weighted by Gasteiger charge is -2.32. The predicted molar refractivity (Wildman–Crippen MR) is 110 cm³/mol. The lowest BCUT2D eigenvalue weighted by Crippen LogP contribution is -2.26. The topological polar surface area (TPSA) is 91.8 Å². The summed E-state index contributed by atoms with van der Waals surface area (Å²) in [6, 6.07) is 11.3. The fraction of sp³-hybridized carbons (Fsp3) is 0.217. The van der Waals surface area contributed by atoms with Crippen molar-refractivity contribution in [2.45, 2.75) is 25.2 Å². The molecule has 1 aromatic carbocycles. The predicted octanol–water partition coefficient (Wildman–Crippen LogP) is 3.92. The molecule has 0 saturated heterocycles. The van der Waals surface area contributed by atoms with Crippen molar-refractivity contribution < 1.29 is 18.7 Å². The first-order valence-corrected chi connectivity index (χ1v) is 10.1. The van der Waals surface area contributed by atoms with Crippen LogP contribution in [0.1, 0.15) is 36.3 Å². The summed E-state index contributed by atoms with van der Waals surface area (Å²) in [6.07, 6.45) is 5.15. The number of aromatic nitrogens is 4. The number of ether oxygens (including phenoxy) is 2. The van der Waals surface area contributed by atoms with E-state index in [1.54, 1.807) is 36.3 Å². The van der Waals surface area contributed by atoms with Crippen molar-refractivity contribution in [1.82, 2.24) is 19.6 Å². The number of methoxy groups -OCH3 is 1. The number of carbonyl (C=O) groups excluding carboxylic acids is 1. The van der Waals surface area contributed by atoms with Crippen LogP contribution in [0, 0.1) is 0 Å². The van der Waals surface area contributed by atoms with Crippen molar-refractivity contribution in [3.8, 4) is 23.2 Å². The highest BCUT2D eigenvalue weighted by atomic mass is 16.5. The van der Waals surface area contributed by atoms with Crippen LogP contribution in [0.15, 0.2) is 64.7 Å². The van der Waals surface area contributed by atoms with Gasteiger partial charge in [-0.25, -0.2) is 14.5 Å². The maximum absolute atomic E-state index is 13.0. The van der Waals surface area contributed by atoms with Crippen molar-refractivity contribution in [1.29, 1.82) is 0 Å². The monoisotopic (exact) mass is 414 g/mol. The van der Waals surface area contributed by atoms with Gasteiger partial charge < -0.3 is 13.9 Å². The zero-order valence-corrected chi connectivity index (χ0v) is 16.7. The highest BCUT2D eigenvalue weighted by molar-refractivity contribution is 6.00. The summed E-state index contributed by atoms with van der Waals surface area (Å²) in [4.78, 5) is 22.3. The average Bonchev–Trinajstić information content (AvgIpc) is 3.48. The van der Waals surface area contributed by atoms with Crippen LogP contribution in [-0.2, 0) is 4.79 Å². The first kappa shape index (κ1) is 17.9. The zero-order chi connectivity index (χ0) is 20.9. The number of furan rings is 1. The van der Waals surface area contributed by atoms with Gasteiger partial charge in [0.05, 0.1) is 18.9 Å². The van der Waals surface area contributed by atoms with Gasteiger partial charge in [-0.2, -0.15) is 0 Å². The first-order chi connectivity index (χ1) is 15.2. The molecule has 1 unspecified atom stereocenters. The molecule has 0 spiro atoms. The van der Waals surface area contributed by atoms with E-state index in [2.05, 4.69) is 10.1 Å². The fourth-order valence-corrected chi connectivity index (χ4v) is 4.36. The van der Waals surface area contributed by atoms with E-state index >= 15 is 0 Å². The second-order valence-corrected chi connectivity index (χ2v) is 7.57. The molecule has 8 nitrogen and oxygen atoms in total. The molecule has 0 saturated carbocycles. The molecule has 8 heteroatoms. The van der Waals surface area contributed by atoms with Crippen LogP contribution in [0.3, 0.4) is 0 Å². The molecule has 6 rings (SSSR count). The number of Topliss-reactive ketones (excluding diaryl/α,β-unsaturated/α-hetero) is 1. The number of nitrogens with zero attached hydrogens (tertiary/aromatic N) is 4. The average molecular weight is 414 g/mol. The highest BCUT2D eigenvalue weighted by Gasteiger charge is 2.39. The Bertz CT molecular complexity index is 1340. The van der Waals surface area contributed by atoms with E-state index in [0.717, 1.165) is 23.3 Å². The summed E-state index contributed by atoms with van der Waals surface area (Å²) in [6.45, 7) is 0. The summed E-state index contributed by atoms with van der Waals surface area (Å²) in [7, 11) is 1.63. The Hall–Kier alpha value is -3.94. The molecule has 0 N–H and O–H groups in total. The Kier molecular flexibility index (Phi) is 3.92. The largest absolute Gasteiger partial charge is 0.497 e. The van der Waals surface area contributed by atoms with Gasteiger partial charge in [-0.1, -0.05) is 12.1 Å². The van der Waals surface area contributed by atoms with Gasteiger partial charge in [-0.15, -0.1) is 5.10 Å². The Morgan fingerprint density at radius 2 is 2.03 bits per heavy atom. The molecule has 31 heavy (non-hydrogen) atoms. The minimum absolute atomic E-state index is 0.0977. The van der Waals surface area contributed by atoms with Crippen LogP contribution in [0.4, 0.5) is 0 Å². The third-order valence-corrected chi connectivity index (χ3v) is 5.78. The Labute approximate surface area is 177 Å². The summed E-state index contributed by atoms with van der Waals surface area (Å²) >= 11 is 0. The number of allylic oxidation sites excluding steroid dienone is 2. The minimum atomic E-state index is -0.345. The van der Waals surface area contributed by atoms with Crippen molar-refractivity contribution in [2.24, 2.45) is 0 Å². The van der Waals surface area contributed by atoms with Crippen molar-refractivity contribution >= 4 is 11.4 Å². The van der Waals surface area contributed by atoms with E-state index in [1.807, 2.05) is 24.3 Å². The molecule has 4 aromatic rings. The quantitative estimate of drug-likeness (QED) is 0.502. The Balaban J connectivity index is 1.60. The summed E-state index contributed by atoms with van der Waals surface area (Å²) < 4.78 is 18.5. The van der Waals surface area contributed by atoms with Crippen LogP contribution in [-0.4, -0.2) is 32.5 Å². The molecule has 1 aliphatic heterocycles. The number of carbonyl (C=O) groups is 1. The molecular weight excluding hydrogens is 396 g/mol. The molecule has 0 bridgehead atoms. The normalized spacial score (nSPS) is 18.0. The highest BCUT2D eigenvalue weighted by Crippen LogP contribution is 2.47. The van der Waals surface area contributed by atoms with Gasteiger partial charge in [-0.05, 0) is 36.2 Å². The zero-order valence-electron chi connectivity index (χ0n) is 16.7.